The number of pyridine rings is 1. The van der Waals surface area contributed by atoms with E-state index in [4.69, 9.17) is 28.9 Å². The fourth-order valence-corrected chi connectivity index (χ4v) is 2.41. The number of benzene rings is 1. The molecule has 0 aliphatic rings. The van der Waals surface area contributed by atoms with Crippen LogP contribution in [0.1, 0.15) is 24.1 Å². The molecule has 0 saturated heterocycles. The van der Waals surface area contributed by atoms with Crippen LogP contribution in [0.3, 0.4) is 0 Å². The number of rotatable bonds is 4. The van der Waals surface area contributed by atoms with Crippen LogP contribution in [0.4, 0.5) is 0 Å². The Kier molecular flexibility index (Phi) is 6.77. The first kappa shape index (κ1) is 17.3. The third kappa shape index (κ3) is 4.64. The van der Waals surface area contributed by atoms with Gasteiger partial charge in [-0.15, -0.1) is 12.4 Å². The van der Waals surface area contributed by atoms with Gasteiger partial charge in [0.05, 0.1) is 5.02 Å². The molecule has 0 aliphatic heterocycles. The number of aromatic nitrogens is 1. The second-order valence-corrected chi connectivity index (χ2v) is 5.57. The summed E-state index contributed by atoms with van der Waals surface area (Å²) in [6, 6.07) is 11.6. The molecule has 2 unspecified atom stereocenters. The molecule has 1 aromatic carbocycles. The first-order valence-corrected chi connectivity index (χ1v) is 6.93. The summed E-state index contributed by atoms with van der Waals surface area (Å²) in [7, 11) is 0. The average molecular weight is 332 g/mol. The molecule has 0 saturated carbocycles. The van der Waals surface area contributed by atoms with E-state index in [0.717, 1.165) is 22.7 Å². The summed E-state index contributed by atoms with van der Waals surface area (Å²) in [5.41, 5.74) is 8.22. The Balaban J connectivity index is 0.00000200. The molecular weight excluding hydrogens is 315 g/mol. The molecule has 2 rings (SSSR count). The zero-order valence-corrected chi connectivity index (χ0v) is 13.4. The largest absolute Gasteiger partial charge is 0.327 e. The van der Waals surface area contributed by atoms with E-state index < -0.39 is 0 Å². The summed E-state index contributed by atoms with van der Waals surface area (Å²) in [5, 5.41) is 1.37. The molecule has 108 valence electrons. The lowest BCUT2D eigenvalue weighted by Crippen LogP contribution is -2.26. The van der Waals surface area contributed by atoms with Crippen molar-refractivity contribution in [1.82, 2.24) is 4.98 Å². The maximum absolute atomic E-state index is 6.10. The molecular formula is C15H17Cl3N2. The fourth-order valence-electron chi connectivity index (χ4n) is 2.10. The first-order chi connectivity index (χ1) is 9.06. The van der Waals surface area contributed by atoms with Crippen LogP contribution in [0.5, 0.6) is 0 Å². The molecule has 0 radical (unpaired) electrons. The van der Waals surface area contributed by atoms with Crippen LogP contribution in [0.25, 0.3) is 0 Å². The normalized spacial score (nSPS) is 13.4. The Bertz CT molecular complexity index is 541. The molecule has 2 aromatic rings. The summed E-state index contributed by atoms with van der Waals surface area (Å²) < 4.78 is 0. The highest BCUT2D eigenvalue weighted by Gasteiger charge is 2.17. The number of nitrogens with two attached hydrogens (primary N) is 1. The van der Waals surface area contributed by atoms with Crippen molar-refractivity contribution in [2.45, 2.75) is 25.3 Å². The molecule has 2 nitrogen and oxygen atoms in total. The molecule has 1 aromatic heterocycles. The zero-order valence-electron chi connectivity index (χ0n) is 11.1. The molecule has 5 heteroatoms. The fraction of sp³-hybridized carbons (Fsp3) is 0.267. The Morgan fingerprint density at radius 3 is 2.45 bits per heavy atom. The highest BCUT2D eigenvalue weighted by molar-refractivity contribution is 6.30. The van der Waals surface area contributed by atoms with Crippen LogP contribution in [0.2, 0.25) is 10.0 Å². The summed E-state index contributed by atoms with van der Waals surface area (Å²) >= 11 is 11.9. The van der Waals surface area contributed by atoms with Gasteiger partial charge in [-0.3, -0.25) is 4.98 Å². The third-order valence-corrected chi connectivity index (χ3v) is 3.59. The molecule has 2 N–H and O–H groups in total. The van der Waals surface area contributed by atoms with Crippen molar-refractivity contribution in [2.24, 2.45) is 5.73 Å². The van der Waals surface area contributed by atoms with Gasteiger partial charge in [0, 0.05) is 28.9 Å². The lowest BCUT2D eigenvalue weighted by atomic mass is 9.88. The minimum atomic E-state index is 0. The van der Waals surface area contributed by atoms with Crippen LogP contribution in [-0.4, -0.2) is 11.0 Å². The molecule has 0 bridgehead atoms. The minimum Gasteiger partial charge on any atom is -0.327 e. The van der Waals surface area contributed by atoms with E-state index in [1.165, 1.54) is 0 Å². The lowest BCUT2D eigenvalue weighted by Gasteiger charge is -2.21. The van der Waals surface area contributed by atoms with Crippen molar-refractivity contribution >= 4 is 35.6 Å². The van der Waals surface area contributed by atoms with Crippen molar-refractivity contribution in [3.8, 4) is 0 Å². The summed E-state index contributed by atoms with van der Waals surface area (Å²) in [6.45, 7) is 2.00. The quantitative estimate of drug-likeness (QED) is 0.897. The van der Waals surface area contributed by atoms with Gasteiger partial charge in [0.25, 0.3) is 0 Å². The van der Waals surface area contributed by atoms with Crippen LogP contribution >= 0.6 is 35.6 Å². The number of halogens is 3. The highest BCUT2D eigenvalue weighted by Crippen LogP contribution is 2.25. The smallest absolute Gasteiger partial charge is 0.0589 e. The SMILES string of the molecule is CC(N)C(Cc1ccc(Cl)cn1)c1cccc(Cl)c1.Cl. The predicted octanol–water partition coefficient (Wildman–Crippen LogP) is 4.48. The first-order valence-electron chi connectivity index (χ1n) is 6.17. The van der Waals surface area contributed by atoms with Gasteiger partial charge < -0.3 is 5.73 Å². The van der Waals surface area contributed by atoms with E-state index in [1.807, 2.05) is 37.3 Å². The van der Waals surface area contributed by atoms with Gasteiger partial charge in [0.2, 0.25) is 0 Å². The Morgan fingerprint density at radius 2 is 1.90 bits per heavy atom. The van der Waals surface area contributed by atoms with Gasteiger partial charge in [0.1, 0.15) is 0 Å². The summed E-state index contributed by atoms with van der Waals surface area (Å²) in [5.74, 6) is 0.187. The monoisotopic (exact) mass is 330 g/mol. The maximum Gasteiger partial charge on any atom is 0.0589 e. The van der Waals surface area contributed by atoms with Gasteiger partial charge in [-0.05, 0) is 43.2 Å². The lowest BCUT2D eigenvalue weighted by molar-refractivity contribution is 0.559. The number of hydrogen-bond donors (Lipinski definition) is 1. The van der Waals surface area contributed by atoms with Crippen molar-refractivity contribution in [1.29, 1.82) is 0 Å². The summed E-state index contributed by atoms with van der Waals surface area (Å²) in [6.07, 6.45) is 2.43. The highest BCUT2D eigenvalue weighted by atomic mass is 35.5. The third-order valence-electron chi connectivity index (χ3n) is 3.13. The molecule has 1 heterocycles. The molecule has 0 spiro atoms. The van der Waals surface area contributed by atoms with E-state index >= 15 is 0 Å². The van der Waals surface area contributed by atoms with Gasteiger partial charge in [-0.2, -0.15) is 0 Å². The van der Waals surface area contributed by atoms with Crippen molar-refractivity contribution in [3.05, 3.63) is 63.9 Å². The van der Waals surface area contributed by atoms with Crippen LogP contribution in [0, 0.1) is 0 Å². The standard InChI is InChI=1S/C15H16Cl2N2.ClH/c1-10(18)15(11-3-2-4-12(16)7-11)8-14-6-5-13(17)9-19-14;/h2-7,9-10,15H,8,18H2,1H3;1H. The molecule has 0 aliphatic carbocycles. The molecule has 2 atom stereocenters. The number of hydrogen-bond acceptors (Lipinski definition) is 2. The Hall–Kier alpha value is -0.800. The Morgan fingerprint density at radius 1 is 1.15 bits per heavy atom. The van der Waals surface area contributed by atoms with E-state index in [0.29, 0.717) is 5.02 Å². The minimum absolute atomic E-state index is 0. The van der Waals surface area contributed by atoms with E-state index in [1.54, 1.807) is 6.20 Å². The summed E-state index contributed by atoms with van der Waals surface area (Å²) in [4.78, 5) is 4.33. The van der Waals surface area contributed by atoms with Gasteiger partial charge in [-0.25, -0.2) is 0 Å². The van der Waals surface area contributed by atoms with E-state index in [9.17, 15) is 0 Å². The van der Waals surface area contributed by atoms with Crippen molar-refractivity contribution < 1.29 is 0 Å². The van der Waals surface area contributed by atoms with E-state index in [2.05, 4.69) is 11.1 Å². The molecule has 0 amide bonds. The van der Waals surface area contributed by atoms with Crippen molar-refractivity contribution in [2.75, 3.05) is 0 Å². The second kappa shape index (κ2) is 7.84. The average Bonchev–Trinajstić information content (AvgIpc) is 2.37. The van der Waals surface area contributed by atoms with Gasteiger partial charge in [0.15, 0.2) is 0 Å². The topological polar surface area (TPSA) is 38.9 Å². The molecule has 0 fully saturated rings. The Labute approximate surface area is 135 Å². The van der Waals surface area contributed by atoms with Gasteiger partial charge >= 0.3 is 0 Å². The predicted molar refractivity (Wildman–Crippen MR) is 88.0 cm³/mol. The van der Waals surface area contributed by atoms with Crippen LogP contribution in [0.15, 0.2) is 42.6 Å². The zero-order chi connectivity index (χ0) is 13.8. The van der Waals surface area contributed by atoms with Crippen molar-refractivity contribution in [3.63, 3.8) is 0 Å². The van der Waals surface area contributed by atoms with Crippen LogP contribution < -0.4 is 5.73 Å². The second-order valence-electron chi connectivity index (χ2n) is 4.69. The number of nitrogens with zero attached hydrogens (tertiary/aromatic N) is 1. The van der Waals surface area contributed by atoms with Crippen LogP contribution in [-0.2, 0) is 6.42 Å². The molecule has 20 heavy (non-hydrogen) atoms. The maximum atomic E-state index is 6.10. The van der Waals surface area contributed by atoms with E-state index in [-0.39, 0.29) is 24.4 Å². The van der Waals surface area contributed by atoms with Gasteiger partial charge in [-0.1, -0.05) is 35.3 Å².